The smallest absolute Gasteiger partial charge is 0.246 e. The Morgan fingerprint density at radius 3 is 2.88 bits per heavy atom. The summed E-state index contributed by atoms with van der Waals surface area (Å²) in [5.74, 6) is 0.905. The molecule has 4 rings (SSSR count). The number of aliphatic hydroxyl groups is 1. The number of amides is 1. The van der Waals surface area contributed by atoms with Crippen LogP contribution >= 0.6 is 0 Å². The molecule has 2 N–H and O–H groups in total. The lowest BCUT2D eigenvalue weighted by Crippen LogP contribution is -2.67. The summed E-state index contributed by atoms with van der Waals surface area (Å²) in [4.78, 5) is 17.0. The summed E-state index contributed by atoms with van der Waals surface area (Å²) >= 11 is 0. The number of fused-ring (bicyclic) bond motifs is 1. The number of carbonyl (C=O) groups excluding carboxylic acids is 1. The van der Waals surface area contributed by atoms with E-state index in [0.29, 0.717) is 19.4 Å². The van der Waals surface area contributed by atoms with Crippen LogP contribution in [0.3, 0.4) is 0 Å². The van der Waals surface area contributed by atoms with Crippen molar-refractivity contribution in [1.29, 1.82) is 0 Å². The number of phenolic OH excluding ortho intramolecular Hbond substituents is 1. The van der Waals surface area contributed by atoms with E-state index in [9.17, 15) is 15.0 Å². The molecule has 0 spiro atoms. The predicted molar refractivity (Wildman–Crippen MR) is 129 cm³/mol. The number of aromatic hydroxyl groups is 1. The third-order valence-corrected chi connectivity index (χ3v) is 7.69. The molecule has 6 nitrogen and oxygen atoms in total. The van der Waals surface area contributed by atoms with Crippen molar-refractivity contribution < 1.29 is 19.4 Å². The second-order valence-corrected chi connectivity index (χ2v) is 9.55. The summed E-state index contributed by atoms with van der Waals surface area (Å²) in [6, 6.07) is 9.10. The molecule has 33 heavy (non-hydrogen) atoms. The van der Waals surface area contributed by atoms with Gasteiger partial charge in [0.05, 0.1) is 11.9 Å². The maximum atomic E-state index is 13.0. The maximum absolute atomic E-state index is 13.0. The summed E-state index contributed by atoms with van der Waals surface area (Å²) in [5.41, 5.74) is 0.358. The highest BCUT2D eigenvalue weighted by molar-refractivity contribution is 5.92. The van der Waals surface area contributed by atoms with Gasteiger partial charge in [-0.3, -0.25) is 9.69 Å². The topological polar surface area (TPSA) is 77.2 Å². The van der Waals surface area contributed by atoms with Crippen LogP contribution in [0.1, 0.15) is 42.6 Å². The van der Waals surface area contributed by atoms with Gasteiger partial charge in [-0.05, 0) is 69.0 Å². The molecule has 2 fully saturated rings. The molecule has 1 aromatic heterocycles. The number of piperidine rings is 1. The van der Waals surface area contributed by atoms with E-state index in [1.165, 1.54) is 0 Å². The predicted octanol–water partition coefficient (Wildman–Crippen LogP) is 3.88. The van der Waals surface area contributed by atoms with E-state index < -0.39 is 11.0 Å². The zero-order valence-electron chi connectivity index (χ0n) is 19.5. The van der Waals surface area contributed by atoms with Crippen LogP contribution in [0.25, 0.3) is 6.08 Å². The fraction of sp³-hybridized carbons (Fsp3) is 0.444. The molecule has 0 unspecified atom stereocenters. The number of hydrogen-bond acceptors (Lipinski definition) is 5. The summed E-state index contributed by atoms with van der Waals surface area (Å²) in [7, 11) is 1.84. The fourth-order valence-electron chi connectivity index (χ4n) is 5.73. The largest absolute Gasteiger partial charge is 0.508 e. The molecular formula is C27H34N2O4. The quantitative estimate of drug-likeness (QED) is 0.516. The maximum Gasteiger partial charge on any atom is 0.246 e. The van der Waals surface area contributed by atoms with Crippen molar-refractivity contribution in [1.82, 2.24) is 9.80 Å². The number of likely N-dealkylation sites (N-methyl/N-ethyl adjacent to an activating group) is 1. The third kappa shape index (κ3) is 4.37. The summed E-state index contributed by atoms with van der Waals surface area (Å²) in [6.07, 6.45) is 9.57. The highest BCUT2D eigenvalue weighted by atomic mass is 16.3. The number of nitrogens with zero attached hydrogens (tertiary/aromatic N) is 2. The normalized spacial score (nSPS) is 27.9. The van der Waals surface area contributed by atoms with Gasteiger partial charge >= 0.3 is 0 Å². The lowest BCUT2D eigenvalue weighted by Gasteiger charge is -2.58. The third-order valence-electron chi connectivity index (χ3n) is 7.69. The number of phenols is 1. The van der Waals surface area contributed by atoms with Crippen LogP contribution in [0.4, 0.5) is 0 Å². The first kappa shape index (κ1) is 23.3. The van der Waals surface area contributed by atoms with Crippen LogP contribution in [0.2, 0.25) is 0 Å². The number of β-amino-alcohol motifs (C(OH)–C–C–N with tert-alkyl or cyclic N) is 1. The van der Waals surface area contributed by atoms with Gasteiger partial charge in [-0.1, -0.05) is 18.2 Å². The van der Waals surface area contributed by atoms with Gasteiger partial charge < -0.3 is 19.5 Å². The van der Waals surface area contributed by atoms with E-state index in [0.717, 1.165) is 42.8 Å². The average molecular weight is 451 g/mol. The molecule has 2 aromatic rings. The molecule has 2 aliphatic rings. The van der Waals surface area contributed by atoms with Crippen molar-refractivity contribution in [2.45, 2.75) is 49.7 Å². The molecule has 1 amide bonds. The van der Waals surface area contributed by atoms with Gasteiger partial charge in [0.15, 0.2) is 0 Å². The minimum atomic E-state index is -0.938. The lowest BCUT2D eigenvalue weighted by atomic mass is 9.55. The van der Waals surface area contributed by atoms with Crippen LogP contribution < -0.4 is 0 Å². The van der Waals surface area contributed by atoms with Gasteiger partial charge in [0.25, 0.3) is 0 Å². The van der Waals surface area contributed by atoms with Gasteiger partial charge in [-0.25, -0.2) is 0 Å². The van der Waals surface area contributed by atoms with Gasteiger partial charge in [-0.2, -0.15) is 0 Å². The van der Waals surface area contributed by atoms with E-state index in [1.54, 1.807) is 35.4 Å². The van der Waals surface area contributed by atoms with E-state index in [2.05, 4.69) is 11.5 Å². The molecule has 1 aromatic carbocycles. The van der Waals surface area contributed by atoms with Crippen LogP contribution in [0, 0.1) is 6.92 Å². The van der Waals surface area contributed by atoms with Crippen LogP contribution in [-0.4, -0.2) is 64.2 Å². The van der Waals surface area contributed by atoms with Crippen LogP contribution in [-0.2, 0) is 10.2 Å². The molecule has 2 heterocycles. The molecule has 0 bridgehead atoms. The molecular weight excluding hydrogens is 416 g/mol. The standard InChI is InChI=1S/C27H34N2O4/c1-4-14-29-15-13-26(22-6-5-7-24(30)17-22)18-23(10-12-27(26,32)19-29)28(3)25(31)9-8-21-11-16-33-20(21)2/h4-9,11,16-17,23,30,32H,1,10,12-15,18-19H2,2-3H3/b9-8+/t23-,26+,27+/m1/s1. The van der Waals surface area contributed by atoms with Crippen molar-refractivity contribution >= 4 is 12.0 Å². The van der Waals surface area contributed by atoms with Crippen molar-refractivity contribution in [2.75, 3.05) is 26.7 Å². The zero-order valence-corrected chi connectivity index (χ0v) is 19.5. The molecule has 1 aliphatic carbocycles. The number of aryl methyl sites for hydroxylation is 1. The Labute approximate surface area is 195 Å². The minimum absolute atomic E-state index is 0.0128. The van der Waals surface area contributed by atoms with Crippen molar-refractivity contribution in [3.8, 4) is 5.75 Å². The second kappa shape index (κ2) is 9.20. The van der Waals surface area contributed by atoms with Gasteiger partial charge in [-0.15, -0.1) is 6.58 Å². The van der Waals surface area contributed by atoms with E-state index >= 15 is 0 Å². The van der Waals surface area contributed by atoms with Crippen molar-refractivity contribution in [2.24, 2.45) is 0 Å². The number of likely N-dealkylation sites (tertiary alicyclic amines) is 1. The van der Waals surface area contributed by atoms with E-state index in [1.807, 2.05) is 38.2 Å². The zero-order chi connectivity index (χ0) is 23.6. The number of benzene rings is 1. The minimum Gasteiger partial charge on any atom is -0.508 e. The first-order chi connectivity index (χ1) is 15.8. The molecule has 1 saturated carbocycles. The molecule has 6 heteroatoms. The molecule has 176 valence electrons. The molecule has 0 radical (unpaired) electrons. The first-order valence-corrected chi connectivity index (χ1v) is 11.6. The Balaban J connectivity index is 1.61. The monoisotopic (exact) mass is 450 g/mol. The fourth-order valence-corrected chi connectivity index (χ4v) is 5.73. The van der Waals surface area contributed by atoms with Crippen molar-refractivity contribution in [3.05, 3.63) is 72.2 Å². The Morgan fingerprint density at radius 2 is 2.18 bits per heavy atom. The Hall–Kier alpha value is -2.83. The number of furan rings is 1. The molecule has 3 atom stereocenters. The number of carbonyl (C=O) groups is 1. The Kier molecular flexibility index (Phi) is 6.50. The van der Waals surface area contributed by atoms with Crippen molar-refractivity contribution in [3.63, 3.8) is 0 Å². The summed E-state index contributed by atoms with van der Waals surface area (Å²) < 4.78 is 5.31. The van der Waals surface area contributed by atoms with Crippen LogP contribution in [0.15, 0.2) is 59.7 Å². The second-order valence-electron chi connectivity index (χ2n) is 9.55. The summed E-state index contributed by atoms with van der Waals surface area (Å²) in [5, 5.41) is 22.2. The highest BCUT2D eigenvalue weighted by Gasteiger charge is 2.58. The van der Waals surface area contributed by atoms with Gasteiger partial charge in [0.2, 0.25) is 5.91 Å². The first-order valence-electron chi connectivity index (χ1n) is 11.6. The van der Waals surface area contributed by atoms with E-state index in [-0.39, 0.29) is 17.7 Å². The van der Waals surface area contributed by atoms with Crippen LogP contribution in [0.5, 0.6) is 5.75 Å². The van der Waals surface area contributed by atoms with E-state index in [4.69, 9.17) is 4.42 Å². The lowest BCUT2D eigenvalue weighted by molar-refractivity contribution is -0.143. The molecule has 1 saturated heterocycles. The number of hydrogen-bond donors (Lipinski definition) is 2. The SMILES string of the molecule is C=CCN1CC[C@@]2(c3cccc(O)c3)C[C@H](N(C)C(=O)/C=C/c3ccoc3C)CC[C@]2(O)C1. The number of rotatable bonds is 6. The summed E-state index contributed by atoms with van der Waals surface area (Å²) in [6.45, 7) is 7.84. The highest BCUT2D eigenvalue weighted by Crippen LogP contribution is 2.52. The van der Waals surface area contributed by atoms with Gasteiger partial charge in [0, 0.05) is 43.2 Å². The Bertz CT molecular complexity index is 1040. The Morgan fingerprint density at radius 1 is 1.36 bits per heavy atom. The molecule has 1 aliphatic heterocycles. The average Bonchev–Trinajstić information content (AvgIpc) is 3.21. The van der Waals surface area contributed by atoms with Gasteiger partial charge in [0.1, 0.15) is 11.5 Å².